The number of hydrogen-bond donors (Lipinski definition) is 2. The summed E-state index contributed by atoms with van der Waals surface area (Å²) in [5.74, 6) is 0.300. The number of alkyl halides is 2. The third kappa shape index (κ3) is 4.16. The Morgan fingerprint density at radius 1 is 1.21 bits per heavy atom. The van der Waals surface area contributed by atoms with Gasteiger partial charge in [-0.3, -0.25) is 9.62 Å². The number of fused-ring (bicyclic) bond motifs is 1. The van der Waals surface area contributed by atoms with Crippen LogP contribution in [-0.2, 0) is 10.0 Å². The van der Waals surface area contributed by atoms with Gasteiger partial charge in [0.05, 0.1) is 11.9 Å². The standard InChI is InChI=1S/C19H19BrF2N2O4S/c1-23-19(25)16-12-8-13(20)14(24(2)29(3,26)27)9-15(12)28-17(16)10-4-6-11(7-5-10)18(21)22/h4-9,18-19,23,25H,1-3H3. The fourth-order valence-electron chi connectivity index (χ4n) is 2.96. The van der Waals surface area contributed by atoms with E-state index in [4.69, 9.17) is 4.42 Å². The topological polar surface area (TPSA) is 82.8 Å². The van der Waals surface area contributed by atoms with Crippen LogP contribution in [0.5, 0.6) is 0 Å². The number of sulfonamides is 1. The average Bonchev–Trinajstić information content (AvgIpc) is 3.03. The van der Waals surface area contributed by atoms with Gasteiger partial charge in [-0.15, -0.1) is 0 Å². The van der Waals surface area contributed by atoms with Crippen molar-refractivity contribution >= 4 is 42.6 Å². The van der Waals surface area contributed by atoms with Crippen molar-refractivity contribution < 1.29 is 26.7 Å². The molecule has 156 valence electrons. The number of nitrogens with zero attached hydrogens (tertiary/aromatic N) is 1. The summed E-state index contributed by atoms with van der Waals surface area (Å²) in [4.78, 5) is 0. The lowest BCUT2D eigenvalue weighted by atomic mass is 10.0. The first kappa shape index (κ1) is 21.7. The van der Waals surface area contributed by atoms with Crippen LogP contribution < -0.4 is 9.62 Å². The number of aliphatic hydroxyl groups is 1. The number of aliphatic hydroxyl groups excluding tert-OH is 1. The minimum absolute atomic E-state index is 0.125. The van der Waals surface area contributed by atoms with Crippen LogP contribution in [0.15, 0.2) is 45.3 Å². The molecule has 29 heavy (non-hydrogen) atoms. The molecule has 0 fully saturated rings. The van der Waals surface area contributed by atoms with Crippen LogP contribution in [0.1, 0.15) is 23.8 Å². The maximum absolute atomic E-state index is 12.9. The van der Waals surface area contributed by atoms with Crippen molar-refractivity contribution in [3.8, 4) is 11.3 Å². The number of benzene rings is 2. The molecule has 1 heterocycles. The highest BCUT2D eigenvalue weighted by Gasteiger charge is 2.25. The first-order valence-electron chi connectivity index (χ1n) is 8.48. The second-order valence-electron chi connectivity index (χ2n) is 6.49. The molecule has 0 radical (unpaired) electrons. The largest absolute Gasteiger partial charge is 0.456 e. The van der Waals surface area contributed by atoms with Gasteiger partial charge in [-0.2, -0.15) is 0 Å². The van der Waals surface area contributed by atoms with Crippen LogP contribution in [-0.4, -0.2) is 33.9 Å². The third-order valence-electron chi connectivity index (χ3n) is 4.60. The zero-order valence-electron chi connectivity index (χ0n) is 15.8. The van der Waals surface area contributed by atoms with Crippen LogP contribution >= 0.6 is 15.9 Å². The number of hydrogen-bond acceptors (Lipinski definition) is 5. The molecule has 0 aliphatic rings. The van der Waals surface area contributed by atoms with E-state index in [1.54, 1.807) is 19.2 Å². The van der Waals surface area contributed by atoms with E-state index in [0.717, 1.165) is 10.6 Å². The van der Waals surface area contributed by atoms with E-state index < -0.39 is 22.7 Å². The van der Waals surface area contributed by atoms with E-state index in [9.17, 15) is 22.3 Å². The Kier molecular flexibility index (Phi) is 6.00. The molecule has 2 N–H and O–H groups in total. The highest BCUT2D eigenvalue weighted by molar-refractivity contribution is 9.10. The number of furan rings is 1. The highest BCUT2D eigenvalue weighted by Crippen LogP contribution is 2.41. The zero-order valence-corrected chi connectivity index (χ0v) is 18.2. The normalized spacial score (nSPS) is 13.2. The zero-order chi connectivity index (χ0) is 21.5. The summed E-state index contributed by atoms with van der Waals surface area (Å²) in [6.45, 7) is 0. The summed E-state index contributed by atoms with van der Waals surface area (Å²) in [6.07, 6.45) is -2.60. The van der Waals surface area contributed by atoms with Crippen LogP contribution in [0.25, 0.3) is 22.3 Å². The van der Waals surface area contributed by atoms with Gasteiger partial charge in [-0.25, -0.2) is 17.2 Å². The van der Waals surface area contributed by atoms with Crippen molar-refractivity contribution in [2.75, 3.05) is 24.7 Å². The van der Waals surface area contributed by atoms with E-state index in [-0.39, 0.29) is 5.56 Å². The fourth-order valence-corrected chi connectivity index (χ4v) is 4.19. The van der Waals surface area contributed by atoms with Gasteiger partial charge in [0.1, 0.15) is 17.6 Å². The summed E-state index contributed by atoms with van der Waals surface area (Å²) in [6, 6.07) is 8.77. The Bertz CT molecular complexity index is 1150. The first-order chi connectivity index (χ1) is 13.5. The van der Waals surface area contributed by atoms with Gasteiger partial charge in [0.2, 0.25) is 10.0 Å². The molecule has 0 aliphatic heterocycles. The molecule has 0 saturated heterocycles. The minimum Gasteiger partial charge on any atom is -0.456 e. The van der Waals surface area contributed by atoms with E-state index in [1.807, 2.05) is 0 Å². The van der Waals surface area contributed by atoms with Crippen molar-refractivity contribution in [3.63, 3.8) is 0 Å². The maximum Gasteiger partial charge on any atom is 0.263 e. The molecule has 3 aromatic rings. The molecule has 0 aliphatic carbocycles. The van der Waals surface area contributed by atoms with Crippen molar-refractivity contribution in [1.29, 1.82) is 0 Å². The summed E-state index contributed by atoms with van der Waals surface area (Å²) < 4.78 is 57.1. The molecule has 10 heteroatoms. The Morgan fingerprint density at radius 3 is 2.34 bits per heavy atom. The van der Waals surface area contributed by atoms with Crippen molar-refractivity contribution in [3.05, 3.63) is 52.0 Å². The van der Waals surface area contributed by atoms with Crippen LogP contribution in [0, 0.1) is 0 Å². The Morgan fingerprint density at radius 2 is 1.83 bits per heavy atom. The molecule has 3 rings (SSSR count). The van der Waals surface area contributed by atoms with Gasteiger partial charge in [-0.05, 0) is 29.0 Å². The highest BCUT2D eigenvalue weighted by atomic mass is 79.9. The fraction of sp³-hybridized carbons (Fsp3) is 0.263. The lowest BCUT2D eigenvalue weighted by Gasteiger charge is -2.18. The summed E-state index contributed by atoms with van der Waals surface area (Å²) in [5, 5.41) is 13.8. The maximum atomic E-state index is 12.9. The van der Waals surface area contributed by atoms with E-state index in [2.05, 4.69) is 21.2 Å². The van der Waals surface area contributed by atoms with Gasteiger partial charge in [0, 0.05) is 39.7 Å². The van der Waals surface area contributed by atoms with Gasteiger partial charge < -0.3 is 9.52 Å². The smallest absolute Gasteiger partial charge is 0.263 e. The molecule has 6 nitrogen and oxygen atoms in total. The van der Waals surface area contributed by atoms with Crippen molar-refractivity contribution in [1.82, 2.24) is 5.32 Å². The van der Waals surface area contributed by atoms with Gasteiger partial charge >= 0.3 is 0 Å². The summed E-state index contributed by atoms with van der Waals surface area (Å²) >= 11 is 3.37. The number of halogens is 3. The summed E-state index contributed by atoms with van der Waals surface area (Å²) in [7, 11) is -0.530. The second kappa shape index (κ2) is 8.02. The molecule has 2 aromatic carbocycles. The van der Waals surface area contributed by atoms with Crippen molar-refractivity contribution in [2.45, 2.75) is 12.7 Å². The van der Waals surface area contributed by atoms with Gasteiger partial charge in [0.15, 0.2) is 0 Å². The molecule has 0 bridgehead atoms. The predicted octanol–water partition coefficient (Wildman–Crippen LogP) is 4.41. The second-order valence-corrected chi connectivity index (χ2v) is 9.36. The van der Waals surface area contributed by atoms with Crippen LogP contribution in [0.4, 0.5) is 14.5 Å². The van der Waals surface area contributed by atoms with Crippen LogP contribution in [0.3, 0.4) is 0 Å². The predicted molar refractivity (Wildman–Crippen MR) is 112 cm³/mol. The molecule has 0 saturated carbocycles. The first-order valence-corrected chi connectivity index (χ1v) is 11.1. The minimum atomic E-state index is -3.51. The van der Waals surface area contributed by atoms with Crippen LogP contribution in [0.2, 0.25) is 0 Å². The molecule has 0 spiro atoms. The summed E-state index contributed by atoms with van der Waals surface area (Å²) in [5.41, 5.74) is 1.50. The average molecular weight is 489 g/mol. The lowest BCUT2D eigenvalue weighted by Crippen LogP contribution is -2.25. The lowest BCUT2D eigenvalue weighted by molar-refractivity contribution is 0.150. The SMILES string of the molecule is CNC(O)c1c(-c2ccc(C(F)F)cc2)oc2cc(N(C)S(C)(=O)=O)c(Br)cc12. The molecular weight excluding hydrogens is 470 g/mol. The Hall–Kier alpha value is -2.01. The van der Waals surface area contributed by atoms with Gasteiger partial charge in [-0.1, -0.05) is 24.3 Å². The molecule has 1 aromatic heterocycles. The van der Waals surface area contributed by atoms with Crippen molar-refractivity contribution in [2.24, 2.45) is 0 Å². The monoisotopic (exact) mass is 488 g/mol. The number of rotatable bonds is 6. The van der Waals surface area contributed by atoms with E-state index >= 15 is 0 Å². The van der Waals surface area contributed by atoms with Gasteiger partial charge in [0.25, 0.3) is 6.43 Å². The Labute approximate surface area is 175 Å². The molecule has 1 atom stereocenters. The van der Waals surface area contributed by atoms with E-state index in [1.165, 1.54) is 31.3 Å². The quantitative estimate of drug-likeness (QED) is 0.502. The third-order valence-corrected chi connectivity index (χ3v) is 6.43. The number of anilines is 1. The molecule has 0 amide bonds. The van der Waals surface area contributed by atoms with E-state index in [0.29, 0.717) is 38.0 Å². The molecule has 1 unspecified atom stereocenters. The number of nitrogens with one attached hydrogen (secondary N) is 1. The Balaban J connectivity index is 2.24. The molecular formula is C19H19BrF2N2O4S.